The van der Waals surface area contributed by atoms with E-state index >= 15 is 0 Å². The van der Waals surface area contributed by atoms with Crippen LogP contribution in [-0.4, -0.2) is 66.2 Å². The highest BCUT2D eigenvalue weighted by atomic mass is 16.2. The molecule has 2 amide bonds. The molecule has 2 atom stereocenters. The van der Waals surface area contributed by atoms with Crippen molar-refractivity contribution in [3.8, 4) is 0 Å². The monoisotopic (exact) mass is 196 g/mol. The van der Waals surface area contributed by atoms with Crippen LogP contribution >= 0.6 is 0 Å². The average Bonchev–Trinajstić information content (AvgIpc) is 2.51. The molecule has 0 aromatic carbocycles. The van der Waals surface area contributed by atoms with Crippen LogP contribution in [0.25, 0.3) is 0 Å². The molecule has 0 N–H and O–H groups in total. The van der Waals surface area contributed by atoms with Crippen molar-refractivity contribution >= 4 is 6.03 Å². The van der Waals surface area contributed by atoms with Gasteiger partial charge in [0.15, 0.2) is 0 Å². The highest BCUT2D eigenvalue weighted by molar-refractivity contribution is 5.77. The second-order valence-corrected chi connectivity index (χ2v) is 3.97. The zero-order chi connectivity index (χ0) is 10.6. The normalized spacial score (nSPS) is 32.0. The molecule has 0 aliphatic carbocycles. The molecule has 78 valence electrons. The Kier molecular flexibility index (Phi) is 1.68. The Hall–Kier alpha value is -1.39. The van der Waals surface area contributed by atoms with Gasteiger partial charge in [0.05, 0.1) is 5.82 Å². The summed E-state index contributed by atoms with van der Waals surface area (Å²) in [5, 5.41) is 0. The third kappa shape index (κ3) is 0.818. The first-order valence-electron chi connectivity index (χ1n) is 4.61. The van der Waals surface area contributed by atoms with Crippen LogP contribution in [0.1, 0.15) is 0 Å². The van der Waals surface area contributed by atoms with Gasteiger partial charge in [-0.05, 0) is 0 Å². The second-order valence-electron chi connectivity index (χ2n) is 3.97. The van der Waals surface area contributed by atoms with Crippen LogP contribution in [0.2, 0.25) is 0 Å². The van der Waals surface area contributed by atoms with Gasteiger partial charge in [-0.3, -0.25) is 0 Å². The molecule has 2 aliphatic rings. The number of likely N-dealkylation sites (N-methyl/N-ethyl adjacent to an activating group) is 4. The van der Waals surface area contributed by atoms with Gasteiger partial charge >= 0.3 is 6.03 Å². The molecule has 2 fully saturated rings. The molecule has 2 saturated heterocycles. The van der Waals surface area contributed by atoms with Crippen molar-refractivity contribution in [3.05, 3.63) is 12.4 Å². The number of hydrogen-bond acceptors (Lipinski definition) is 3. The van der Waals surface area contributed by atoms with Crippen LogP contribution in [0.5, 0.6) is 0 Å². The van der Waals surface area contributed by atoms with Gasteiger partial charge in [-0.15, -0.1) is 0 Å². The summed E-state index contributed by atoms with van der Waals surface area (Å²) in [6, 6.07) is 0.0613. The van der Waals surface area contributed by atoms with Crippen LogP contribution in [0.3, 0.4) is 0 Å². The van der Waals surface area contributed by atoms with Gasteiger partial charge in [-0.25, -0.2) is 4.79 Å². The Morgan fingerprint density at radius 1 is 0.929 bits per heavy atom. The minimum atomic E-state index is 0.0613. The molecule has 0 saturated carbocycles. The predicted molar refractivity (Wildman–Crippen MR) is 53.2 cm³/mol. The average molecular weight is 196 g/mol. The zero-order valence-corrected chi connectivity index (χ0v) is 9.06. The maximum atomic E-state index is 11.7. The summed E-state index contributed by atoms with van der Waals surface area (Å²) in [5.41, 5.74) is 0. The van der Waals surface area contributed by atoms with E-state index in [1.165, 1.54) is 0 Å². The molecule has 0 aromatic rings. The van der Waals surface area contributed by atoms with Crippen LogP contribution < -0.4 is 0 Å². The van der Waals surface area contributed by atoms with Gasteiger partial charge in [-0.2, -0.15) is 0 Å². The molecule has 2 unspecified atom stereocenters. The first kappa shape index (κ1) is 9.18. The van der Waals surface area contributed by atoms with E-state index in [9.17, 15) is 4.79 Å². The molecule has 0 spiro atoms. The van der Waals surface area contributed by atoms with Gasteiger partial charge in [0.1, 0.15) is 12.3 Å². The smallest absolute Gasteiger partial charge is 0.323 e. The van der Waals surface area contributed by atoms with E-state index < -0.39 is 0 Å². The fraction of sp³-hybridized carbons (Fsp3) is 0.667. The topological polar surface area (TPSA) is 30.0 Å². The summed E-state index contributed by atoms with van der Waals surface area (Å²) in [5.74, 6) is 0.950. The maximum absolute atomic E-state index is 11.7. The fourth-order valence-corrected chi connectivity index (χ4v) is 2.35. The Balaban J connectivity index is 2.39. The highest BCUT2D eigenvalue weighted by Crippen LogP contribution is 2.34. The second kappa shape index (κ2) is 2.56. The number of amides is 2. The van der Waals surface area contributed by atoms with E-state index in [0.29, 0.717) is 0 Å². The van der Waals surface area contributed by atoms with E-state index in [4.69, 9.17) is 0 Å². The number of hydrogen-bond donors (Lipinski definition) is 0. The summed E-state index contributed by atoms with van der Waals surface area (Å²) in [6.45, 7) is 3.98. The first-order valence-corrected chi connectivity index (χ1v) is 4.61. The summed E-state index contributed by atoms with van der Waals surface area (Å²) in [6.07, 6.45) is 0.176. The SMILES string of the molecule is C=C1N(C)C2C(N1C)N(C)C(=O)N2C. The summed E-state index contributed by atoms with van der Waals surface area (Å²) in [7, 11) is 7.58. The van der Waals surface area contributed by atoms with E-state index in [-0.39, 0.29) is 18.4 Å². The van der Waals surface area contributed by atoms with Crippen molar-refractivity contribution in [2.24, 2.45) is 0 Å². The van der Waals surface area contributed by atoms with Crippen LogP contribution in [0.15, 0.2) is 12.4 Å². The Morgan fingerprint density at radius 2 is 1.29 bits per heavy atom. The highest BCUT2D eigenvalue weighted by Gasteiger charge is 2.51. The number of urea groups is 1. The lowest BCUT2D eigenvalue weighted by Gasteiger charge is -2.25. The quantitative estimate of drug-likeness (QED) is 0.545. The molecule has 14 heavy (non-hydrogen) atoms. The van der Waals surface area contributed by atoms with Crippen LogP contribution in [-0.2, 0) is 0 Å². The molecular formula is C9H16N4O. The summed E-state index contributed by atoms with van der Waals surface area (Å²) < 4.78 is 0. The van der Waals surface area contributed by atoms with Crippen molar-refractivity contribution in [2.75, 3.05) is 28.2 Å². The van der Waals surface area contributed by atoms with E-state index in [1.54, 1.807) is 9.80 Å². The third-order valence-corrected chi connectivity index (χ3v) is 3.27. The molecule has 0 radical (unpaired) electrons. The van der Waals surface area contributed by atoms with Crippen LogP contribution in [0.4, 0.5) is 4.79 Å². The maximum Gasteiger partial charge on any atom is 0.323 e. The van der Waals surface area contributed by atoms with Gasteiger partial charge < -0.3 is 19.6 Å². The minimum absolute atomic E-state index is 0.0613. The van der Waals surface area contributed by atoms with E-state index in [0.717, 1.165) is 5.82 Å². The summed E-state index contributed by atoms with van der Waals surface area (Å²) in [4.78, 5) is 19.3. The van der Waals surface area contributed by atoms with Crippen molar-refractivity contribution in [2.45, 2.75) is 12.3 Å². The molecule has 0 aromatic heterocycles. The summed E-state index contributed by atoms with van der Waals surface area (Å²) >= 11 is 0. The van der Waals surface area contributed by atoms with Crippen molar-refractivity contribution in [1.29, 1.82) is 0 Å². The fourth-order valence-electron chi connectivity index (χ4n) is 2.35. The number of carbonyl (C=O) groups is 1. The van der Waals surface area contributed by atoms with Gasteiger partial charge in [0, 0.05) is 28.2 Å². The van der Waals surface area contributed by atoms with E-state index in [2.05, 4.69) is 6.58 Å². The van der Waals surface area contributed by atoms with Crippen molar-refractivity contribution in [1.82, 2.24) is 19.6 Å². The lowest BCUT2D eigenvalue weighted by atomic mass is 10.4. The number of carbonyl (C=O) groups excluding carboxylic acids is 1. The van der Waals surface area contributed by atoms with Crippen molar-refractivity contribution in [3.63, 3.8) is 0 Å². The Labute approximate surface area is 84.2 Å². The predicted octanol–water partition coefficient (Wildman–Crippen LogP) is -0.0158. The van der Waals surface area contributed by atoms with Gasteiger partial charge in [-0.1, -0.05) is 6.58 Å². The number of rotatable bonds is 0. The Bertz CT molecular complexity index is 249. The number of fused-ring (bicyclic) bond motifs is 1. The molecule has 2 rings (SSSR count). The van der Waals surface area contributed by atoms with Gasteiger partial charge in [0.25, 0.3) is 0 Å². The Morgan fingerprint density at radius 3 is 1.64 bits per heavy atom. The van der Waals surface area contributed by atoms with Crippen molar-refractivity contribution < 1.29 is 4.79 Å². The number of nitrogens with zero attached hydrogens (tertiary/aromatic N) is 4. The molecule has 2 aliphatic heterocycles. The molecule has 5 heteroatoms. The van der Waals surface area contributed by atoms with Gasteiger partial charge in [0.2, 0.25) is 0 Å². The standard InChI is InChI=1S/C9H16N4O/c1-6-10(2)7-8(11(6)3)13(5)9(14)12(7)4/h7-8H,1H2,2-5H3. The molecule has 5 nitrogen and oxygen atoms in total. The van der Waals surface area contributed by atoms with Crippen LogP contribution in [0, 0.1) is 0 Å². The minimum Gasteiger partial charge on any atom is -0.338 e. The van der Waals surface area contributed by atoms with E-state index in [1.807, 2.05) is 38.0 Å². The lowest BCUT2D eigenvalue weighted by Crippen LogP contribution is -2.42. The lowest BCUT2D eigenvalue weighted by molar-refractivity contribution is 0.171. The third-order valence-electron chi connectivity index (χ3n) is 3.27. The largest absolute Gasteiger partial charge is 0.338 e. The molecular weight excluding hydrogens is 180 g/mol. The first-order chi connectivity index (χ1) is 6.46. The zero-order valence-electron chi connectivity index (χ0n) is 9.06. The molecule has 0 bridgehead atoms. The molecule has 2 heterocycles.